The van der Waals surface area contributed by atoms with E-state index in [0.717, 1.165) is 6.08 Å². The van der Waals surface area contributed by atoms with E-state index in [9.17, 15) is 13.2 Å². The lowest BCUT2D eigenvalue weighted by Crippen LogP contribution is -2.35. The minimum atomic E-state index is -3.94. The minimum Gasteiger partial charge on any atom is -0.363 e. The van der Waals surface area contributed by atoms with Crippen LogP contribution in [0.5, 0.6) is 0 Å². The lowest BCUT2D eigenvalue weighted by molar-refractivity contribution is -0.822. The van der Waals surface area contributed by atoms with Crippen LogP contribution in [0.25, 0.3) is 0 Å². The van der Waals surface area contributed by atoms with E-state index >= 15 is 0 Å². The van der Waals surface area contributed by atoms with E-state index < -0.39 is 16.1 Å². The zero-order valence-corrected chi connectivity index (χ0v) is 10.7. The molecule has 0 amide bonds. The molecule has 0 fully saturated rings. The van der Waals surface area contributed by atoms with Crippen LogP contribution in [0.3, 0.4) is 0 Å². The van der Waals surface area contributed by atoms with Gasteiger partial charge < -0.3 is 4.74 Å². The summed E-state index contributed by atoms with van der Waals surface area (Å²) in [5.41, 5.74) is 0. The second kappa shape index (κ2) is 6.39. The summed E-state index contributed by atoms with van der Waals surface area (Å²) in [7, 11) is -0.499. The number of ether oxygens (including phenoxy) is 1. The van der Waals surface area contributed by atoms with Crippen LogP contribution in [0.1, 0.15) is 6.42 Å². The number of nitrogens with zero attached hydrogens (tertiary/aromatic N) is 1. The summed E-state index contributed by atoms with van der Waals surface area (Å²) in [5.74, 6) is -0.960. The molecule has 0 aliphatic heterocycles. The average Bonchev–Trinajstić information content (AvgIpc) is 2.14. The molecule has 0 saturated carbocycles. The molecule has 96 valence electrons. The van der Waals surface area contributed by atoms with Crippen LogP contribution >= 0.6 is 0 Å². The molecule has 6 nitrogen and oxygen atoms in total. The lowest BCUT2D eigenvalue weighted by Gasteiger charge is -2.19. The standard InChI is InChI=1S/C10H15NO5S/c1-4-10(12)16-8-7-11(2,3)6-5-9-17(13,14)15/h4H,1,5-6,9H2,2-3H3/p+1. The first-order valence-corrected chi connectivity index (χ1v) is 6.41. The van der Waals surface area contributed by atoms with Crippen molar-refractivity contribution < 1.29 is 27.0 Å². The van der Waals surface area contributed by atoms with Gasteiger partial charge in [0.1, 0.15) is 0 Å². The van der Waals surface area contributed by atoms with E-state index in [4.69, 9.17) is 4.55 Å². The monoisotopic (exact) mass is 262 g/mol. The smallest absolute Gasteiger partial charge is 0.344 e. The van der Waals surface area contributed by atoms with Crippen molar-refractivity contribution in [3.63, 3.8) is 0 Å². The fraction of sp³-hybridized carbons (Fsp3) is 0.500. The van der Waals surface area contributed by atoms with Gasteiger partial charge in [0.05, 0.1) is 26.4 Å². The van der Waals surface area contributed by atoms with E-state index in [2.05, 4.69) is 23.5 Å². The van der Waals surface area contributed by atoms with Gasteiger partial charge >= 0.3 is 5.97 Å². The Labute approximate surface area is 101 Å². The summed E-state index contributed by atoms with van der Waals surface area (Å²) in [4.78, 5) is 10.7. The molecule has 0 aromatic rings. The largest absolute Gasteiger partial charge is 0.363 e. The van der Waals surface area contributed by atoms with Gasteiger partial charge in [0.2, 0.25) is 0 Å². The molecule has 0 aliphatic carbocycles. The zero-order chi connectivity index (χ0) is 13.5. The molecule has 0 radical (unpaired) electrons. The van der Waals surface area contributed by atoms with Crippen LogP contribution in [-0.2, 0) is 19.6 Å². The summed E-state index contributed by atoms with van der Waals surface area (Å²) < 4.78 is 34.2. The van der Waals surface area contributed by atoms with Crippen LogP contribution in [0.4, 0.5) is 0 Å². The third kappa shape index (κ3) is 9.56. The van der Waals surface area contributed by atoms with Crippen LogP contribution in [-0.4, -0.2) is 49.8 Å². The Morgan fingerprint density at radius 3 is 2.59 bits per heavy atom. The molecule has 0 aromatic carbocycles. The summed E-state index contributed by atoms with van der Waals surface area (Å²) >= 11 is 0. The Morgan fingerprint density at radius 2 is 2.12 bits per heavy atom. The van der Waals surface area contributed by atoms with Crippen molar-refractivity contribution in [2.24, 2.45) is 0 Å². The highest BCUT2D eigenvalue weighted by atomic mass is 32.2. The van der Waals surface area contributed by atoms with Crippen LogP contribution < -0.4 is 0 Å². The second-order valence-corrected chi connectivity index (χ2v) is 5.46. The first kappa shape index (κ1) is 15.6. The molecule has 0 spiro atoms. The Hall–Kier alpha value is -1.36. The fourth-order valence-corrected chi connectivity index (χ4v) is 1.43. The predicted octanol–water partition coefficient (Wildman–Crippen LogP) is -0.0117. The van der Waals surface area contributed by atoms with Gasteiger partial charge in [-0.25, -0.2) is 9.28 Å². The molecule has 1 N–H and O–H groups in total. The van der Waals surface area contributed by atoms with Crippen molar-refractivity contribution in [2.75, 3.05) is 26.4 Å². The maximum absolute atomic E-state index is 10.7. The van der Waals surface area contributed by atoms with Crippen molar-refractivity contribution in [3.05, 3.63) is 12.7 Å². The first-order chi connectivity index (χ1) is 7.66. The Balaban J connectivity index is 4.20. The van der Waals surface area contributed by atoms with Gasteiger partial charge in [-0.2, -0.15) is 8.42 Å². The molecular formula is C10H16NO5S+. The molecule has 0 saturated heterocycles. The summed E-state index contributed by atoms with van der Waals surface area (Å²) in [6.45, 7) is 3.61. The zero-order valence-electron chi connectivity index (χ0n) is 9.84. The maximum Gasteiger partial charge on any atom is 0.344 e. The number of carbonyl (C=O) groups is 1. The number of quaternary nitrogens is 1. The summed E-state index contributed by atoms with van der Waals surface area (Å²) in [6, 6.07) is 2.63. The first-order valence-electron chi connectivity index (χ1n) is 4.80. The SMILES string of the molecule is C=CC(=O)OC#C[N+](C)(C)CCCS(=O)(=O)O. The Morgan fingerprint density at radius 1 is 1.53 bits per heavy atom. The molecule has 0 atom stereocenters. The van der Waals surface area contributed by atoms with Crippen LogP contribution in [0.15, 0.2) is 12.7 Å². The minimum absolute atomic E-state index is 0.153. The Bertz CT molecular complexity index is 441. The number of carbonyl (C=O) groups excluding carboxylic acids is 1. The van der Waals surface area contributed by atoms with Gasteiger partial charge in [-0.15, -0.1) is 0 Å². The molecule has 0 bridgehead atoms. The van der Waals surface area contributed by atoms with E-state index in [0.29, 0.717) is 6.54 Å². The van der Waals surface area contributed by atoms with Crippen molar-refractivity contribution in [2.45, 2.75) is 6.42 Å². The van der Waals surface area contributed by atoms with E-state index in [-0.39, 0.29) is 16.7 Å². The second-order valence-electron chi connectivity index (χ2n) is 3.89. The molecule has 0 aliphatic rings. The molecule has 0 unspecified atom stereocenters. The van der Waals surface area contributed by atoms with Crippen molar-refractivity contribution in [1.82, 2.24) is 0 Å². The molecule has 0 rings (SSSR count). The maximum atomic E-state index is 10.7. The van der Waals surface area contributed by atoms with E-state index in [1.165, 1.54) is 0 Å². The number of rotatable bonds is 5. The van der Waals surface area contributed by atoms with Gasteiger partial charge in [0.25, 0.3) is 10.1 Å². The van der Waals surface area contributed by atoms with Crippen LogP contribution in [0.2, 0.25) is 0 Å². The van der Waals surface area contributed by atoms with Crippen molar-refractivity contribution >= 4 is 16.1 Å². The summed E-state index contributed by atoms with van der Waals surface area (Å²) in [6.07, 6.45) is 3.47. The van der Waals surface area contributed by atoms with Gasteiger partial charge in [-0.05, 0) is 0 Å². The lowest BCUT2D eigenvalue weighted by atomic mass is 10.4. The number of esters is 1. The third-order valence-electron chi connectivity index (χ3n) is 1.79. The predicted molar refractivity (Wildman–Crippen MR) is 62.1 cm³/mol. The van der Waals surface area contributed by atoms with E-state index in [1.54, 1.807) is 14.1 Å². The van der Waals surface area contributed by atoms with Gasteiger partial charge in [0, 0.05) is 12.5 Å². The highest BCUT2D eigenvalue weighted by Crippen LogP contribution is 1.99. The van der Waals surface area contributed by atoms with E-state index in [1.807, 2.05) is 0 Å². The van der Waals surface area contributed by atoms with Gasteiger partial charge in [-0.1, -0.05) is 6.58 Å². The Kier molecular flexibility index (Phi) is 5.88. The highest BCUT2D eigenvalue weighted by molar-refractivity contribution is 7.85. The third-order valence-corrected chi connectivity index (χ3v) is 2.59. The van der Waals surface area contributed by atoms with Crippen molar-refractivity contribution in [3.8, 4) is 12.2 Å². The molecule has 7 heteroatoms. The van der Waals surface area contributed by atoms with Crippen LogP contribution in [0, 0.1) is 12.2 Å². The van der Waals surface area contributed by atoms with Crippen molar-refractivity contribution in [1.29, 1.82) is 0 Å². The molecule has 0 heterocycles. The topological polar surface area (TPSA) is 80.7 Å². The quantitative estimate of drug-likeness (QED) is 0.248. The number of hydrogen-bond acceptors (Lipinski definition) is 4. The molecule has 17 heavy (non-hydrogen) atoms. The molecular weight excluding hydrogens is 246 g/mol. The summed E-state index contributed by atoms with van der Waals surface area (Å²) in [5, 5.41) is 0. The van der Waals surface area contributed by atoms with Gasteiger partial charge in [-0.3, -0.25) is 4.55 Å². The fourth-order valence-electron chi connectivity index (χ4n) is 0.936. The van der Waals surface area contributed by atoms with Gasteiger partial charge in [0.15, 0.2) is 12.2 Å². The molecule has 0 aromatic heterocycles. The highest BCUT2D eigenvalue weighted by Gasteiger charge is 2.14. The normalized spacial score (nSPS) is 11.2. The number of hydrogen-bond donors (Lipinski definition) is 1. The average molecular weight is 262 g/mol.